The second kappa shape index (κ2) is 6.00. The van der Waals surface area contributed by atoms with Crippen molar-refractivity contribution in [3.8, 4) is 0 Å². The Kier molecular flexibility index (Phi) is 4.13. The van der Waals surface area contributed by atoms with Gasteiger partial charge in [0.1, 0.15) is 11.5 Å². The van der Waals surface area contributed by atoms with Gasteiger partial charge in [-0.2, -0.15) is 0 Å². The molecule has 0 atom stereocenters. The highest BCUT2D eigenvalue weighted by Crippen LogP contribution is 2.13. The molecule has 4 heteroatoms. The number of rotatable bonds is 4. The van der Waals surface area contributed by atoms with Gasteiger partial charge in [-0.05, 0) is 36.2 Å². The van der Waals surface area contributed by atoms with E-state index in [1.54, 1.807) is 19.2 Å². The summed E-state index contributed by atoms with van der Waals surface area (Å²) in [5, 5.41) is 5.77. The highest BCUT2D eigenvalue weighted by Gasteiger charge is 2.08. The van der Waals surface area contributed by atoms with E-state index in [9.17, 15) is 4.79 Å². The van der Waals surface area contributed by atoms with Gasteiger partial charge in [0.25, 0.3) is 5.91 Å². The Bertz CT molecular complexity index is 581. The van der Waals surface area contributed by atoms with Crippen LogP contribution in [0.2, 0.25) is 0 Å². The molecule has 1 aromatic heterocycles. The fourth-order valence-corrected chi connectivity index (χ4v) is 1.76. The average Bonchev–Trinajstić information content (AvgIpc) is 2.47. The number of aromatic nitrogens is 1. The lowest BCUT2D eigenvalue weighted by Crippen LogP contribution is -2.14. The molecule has 0 spiro atoms. The first-order chi connectivity index (χ1) is 9.22. The molecule has 2 N–H and O–H groups in total. The second-order valence-corrected chi connectivity index (χ2v) is 4.17. The van der Waals surface area contributed by atoms with Crippen LogP contribution in [0, 0.1) is 0 Å². The number of aryl methyl sites for hydroxylation is 1. The van der Waals surface area contributed by atoms with E-state index in [2.05, 4.69) is 22.5 Å². The molecule has 98 valence electrons. The molecule has 0 fully saturated rings. The average molecular weight is 255 g/mol. The molecule has 4 nitrogen and oxygen atoms in total. The fourth-order valence-electron chi connectivity index (χ4n) is 1.76. The van der Waals surface area contributed by atoms with Crippen molar-refractivity contribution in [2.24, 2.45) is 0 Å². The number of carbonyl (C=O) groups excluding carboxylic acids is 1. The molecule has 2 aromatic rings. The van der Waals surface area contributed by atoms with Gasteiger partial charge in [0.05, 0.1) is 0 Å². The van der Waals surface area contributed by atoms with Crippen molar-refractivity contribution in [3.05, 3.63) is 53.7 Å². The lowest BCUT2D eigenvalue weighted by Gasteiger charge is -2.07. The molecule has 1 heterocycles. The minimum atomic E-state index is -0.203. The smallest absolute Gasteiger partial charge is 0.274 e. The molecule has 0 saturated heterocycles. The van der Waals surface area contributed by atoms with Crippen LogP contribution >= 0.6 is 0 Å². The van der Waals surface area contributed by atoms with Crippen LogP contribution in [0.15, 0.2) is 42.5 Å². The summed E-state index contributed by atoms with van der Waals surface area (Å²) in [4.78, 5) is 16.3. The summed E-state index contributed by atoms with van der Waals surface area (Å²) in [6, 6.07) is 13.1. The Morgan fingerprint density at radius 3 is 2.74 bits per heavy atom. The zero-order valence-electron chi connectivity index (χ0n) is 11.1. The lowest BCUT2D eigenvalue weighted by molar-refractivity contribution is 0.102. The molecule has 0 bridgehead atoms. The maximum atomic E-state index is 12.1. The van der Waals surface area contributed by atoms with Crippen LogP contribution in [0.4, 0.5) is 11.5 Å². The van der Waals surface area contributed by atoms with Crippen LogP contribution in [0.3, 0.4) is 0 Å². The van der Waals surface area contributed by atoms with E-state index in [1.165, 1.54) is 5.56 Å². The summed E-state index contributed by atoms with van der Waals surface area (Å²) in [6.45, 7) is 2.08. The normalized spacial score (nSPS) is 10.0. The minimum Gasteiger partial charge on any atom is -0.373 e. The van der Waals surface area contributed by atoms with Crippen LogP contribution in [-0.2, 0) is 6.42 Å². The topological polar surface area (TPSA) is 54.0 Å². The van der Waals surface area contributed by atoms with Gasteiger partial charge in [-0.3, -0.25) is 4.79 Å². The number of hydrogen-bond acceptors (Lipinski definition) is 3. The predicted molar refractivity (Wildman–Crippen MR) is 77.6 cm³/mol. The van der Waals surface area contributed by atoms with Crippen molar-refractivity contribution in [3.63, 3.8) is 0 Å². The van der Waals surface area contributed by atoms with E-state index < -0.39 is 0 Å². The van der Waals surface area contributed by atoms with Crippen molar-refractivity contribution in [2.45, 2.75) is 13.3 Å². The van der Waals surface area contributed by atoms with Crippen LogP contribution in [0.1, 0.15) is 23.0 Å². The van der Waals surface area contributed by atoms with Crippen LogP contribution in [0.25, 0.3) is 0 Å². The summed E-state index contributed by atoms with van der Waals surface area (Å²) in [5.41, 5.74) is 2.38. The Hall–Kier alpha value is -2.36. The van der Waals surface area contributed by atoms with E-state index in [-0.39, 0.29) is 5.91 Å². The monoisotopic (exact) mass is 255 g/mol. The van der Waals surface area contributed by atoms with Gasteiger partial charge in [-0.25, -0.2) is 4.98 Å². The summed E-state index contributed by atoms with van der Waals surface area (Å²) in [7, 11) is 1.77. The second-order valence-electron chi connectivity index (χ2n) is 4.17. The zero-order valence-corrected chi connectivity index (χ0v) is 11.1. The first-order valence-corrected chi connectivity index (χ1v) is 6.28. The van der Waals surface area contributed by atoms with E-state index >= 15 is 0 Å². The SMILES string of the molecule is CCc1cccc(NC(=O)c2cccc(NC)n2)c1. The van der Waals surface area contributed by atoms with E-state index in [1.807, 2.05) is 30.3 Å². The van der Waals surface area contributed by atoms with Gasteiger partial charge >= 0.3 is 0 Å². The highest BCUT2D eigenvalue weighted by atomic mass is 16.1. The van der Waals surface area contributed by atoms with Crippen molar-refractivity contribution in [1.29, 1.82) is 0 Å². The largest absolute Gasteiger partial charge is 0.373 e. The quantitative estimate of drug-likeness (QED) is 0.883. The van der Waals surface area contributed by atoms with Crippen molar-refractivity contribution in [2.75, 3.05) is 17.7 Å². The molecule has 1 aromatic carbocycles. The van der Waals surface area contributed by atoms with Crippen LogP contribution in [0.5, 0.6) is 0 Å². The summed E-state index contributed by atoms with van der Waals surface area (Å²) < 4.78 is 0. The molecular formula is C15H17N3O. The van der Waals surface area contributed by atoms with Gasteiger partial charge < -0.3 is 10.6 Å². The molecule has 0 unspecified atom stereocenters. The Morgan fingerprint density at radius 2 is 2.00 bits per heavy atom. The number of hydrogen-bond donors (Lipinski definition) is 2. The van der Waals surface area contributed by atoms with E-state index in [0.717, 1.165) is 12.1 Å². The molecule has 0 saturated carbocycles. The predicted octanol–water partition coefficient (Wildman–Crippen LogP) is 2.94. The summed E-state index contributed by atoms with van der Waals surface area (Å²) >= 11 is 0. The standard InChI is InChI=1S/C15H17N3O/c1-3-11-6-4-7-12(10-11)17-15(19)13-8-5-9-14(16-2)18-13/h4-10H,3H2,1-2H3,(H,16,18)(H,17,19). The number of carbonyl (C=O) groups is 1. The number of benzene rings is 1. The molecule has 0 aliphatic carbocycles. The van der Waals surface area contributed by atoms with E-state index in [4.69, 9.17) is 0 Å². The van der Waals surface area contributed by atoms with Crippen LogP contribution < -0.4 is 10.6 Å². The molecule has 2 rings (SSSR count). The van der Waals surface area contributed by atoms with E-state index in [0.29, 0.717) is 11.5 Å². The van der Waals surface area contributed by atoms with Crippen molar-refractivity contribution >= 4 is 17.4 Å². The van der Waals surface area contributed by atoms with Crippen molar-refractivity contribution < 1.29 is 4.79 Å². The molecule has 0 aliphatic heterocycles. The minimum absolute atomic E-state index is 0.203. The number of nitrogens with zero attached hydrogens (tertiary/aromatic N) is 1. The third-order valence-corrected chi connectivity index (χ3v) is 2.83. The third-order valence-electron chi connectivity index (χ3n) is 2.83. The molecule has 0 radical (unpaired) electrons. The number of pyridine rings is 1. The van der Waals surface area contributed by atoms with Gasteiger partial charge in [0, 0.05) is 12.7 Å². The Labute approximate surface area is 112 Å². The molecule has 0 aliphatic rings. The first kappa shape index (κ1) is 13.1. The van der Waals surface area contributed by atoms with Gasteiger partial charge in [-0.15, -0.1) is 0 Å². The third kappa shape index (κ3) is 3.31. The Balaban J connectivity index is 2.15. The number of nitrogens with one attached hydrogen (secondary N) is 2. The first-order valence-electron chi connectivity index (χ1n) is 6.28. The van der Waals surface area contributed by atoms with Gasteiger partial charge in [0.2, 0.25) is 0 Å². The summed E-state index contributed by atoms with van der Waals surface area (Å²) in [6.07, 6.45) is 0.942. The molecular weight excluding hydrogens is 238 g/mol. The highest BCUT2D eigenvalue weighted by molar-refractivity contribution is 6.03. The lowest BCUT2D eigenvalue weighted by atomic mass is 10.1. The van der Waals surface area contributed by atoms with Crippen molar-refractivity contribution in [1.82, 2.24) is 4.98 Å². The zero-order chi connectivity index (χ0) is 13.7. The number of anilines is 2. The summed E-state index contributed by atoms with van der Waals surface area (Å²) in [5.74, 6) is 0.473. The van der Waals surface area contributed by atoms with Gasteiger partial charge in [-0.1, -0.05) is 25.1 Å². The maximum Gasteiger partial charge on any atom is 0.274 e. The Morgan fingerprint density at radius 1 is 1.21 bits per heavy atom. The van der Waals surface area contributed by atoms with Gasteiger partial charge in [0.15, 0.2) is 0 Å². The molecule has 1 amide bonds. The number of amides is 1. The van der Waals surface area contributed by atoms with Crippen LogP contribution in [-0.4, -0.2) is 17.9 Å². The molecule has 19 heavy (non-hydrogen) atoms. The maximum absolute atomic E-state index is 12.1. The fraction of sp³-hybridized carbons (Fsp3) is 0.200.